The first-order valence-corrected chi connectivity index (χ1v) is 9.51. The zero-order valence-electron chi connectivity index (χ0n) is 15.8. The molecule has 1 saturated heterocycles. The molecule has 0 amide bonds. The van der Waals surface area contributed by atoms with E-state index >= 15 is 0 Å². The topological polar surface area (TPSA) is 50.5 Å². The van der Waals surface area contributed by atoms with Crippen molar-refractivity contribution < 1.29 is 9.26 Å². The normalized spacial score (nSPS) is 16.2. The Labute approximate surface area is 150 Å². The van der Waals surface area contributed by atoms with Crippen LogP contribution in [-0.2, 0) is 24.3 Å². The summed E-state index contributed by atoms with van der Waals surface area (Å²) in [4.78, 5) is 2.17. The molecule has 1 fully saturated rings. The Morgan fingerprint density at radius 2 is 2.08 bits per heavy atom. The highest BCUT2D eigenvalue weighted by atomic mass is 16.5. The number of fused-ring (bicyclic) bond motifs is 1. The third-order valence-corrected chi connectivity index (χ3v) is 5.10. The Kier molecular flexibility index (Phi) is 6.45. The number of hydrogen-bond donors (Lipinski definition) is 1. The molecular weight excluding hydrogens is 314 g/mol. The average molecular weight is 345 g/mol. The number of rotatable bonds is 8. The van der Waals surface area contributed by atoms with Crippen LogP contribution in [-0.4, -0.2) is 43.8 Å². The first-order valence-electron chi connectivity index (χ1n) is 9.51. The average Bonchev–Trinajstić information content (AvgIpc) is 3.03. The minimum atomic E-state index is 0.626. The van der Waals surface area contributed by atoms with Gasteiger partial charge in [0.1, 0.15) is 0 Å². The molecule has 0 saturated carbocycles. The van der Waals surface area contributed by atoms with Crippen LogP contribution >= 0.6 is 0 Å². The van der Waals surface area contributed by atoms with E-state index in [-0.39, 0.29) is 0 Å². The molecule has 1 N–H and O–H groups in total. The van der Waals surface area contributed by atoms with E-state index in [4.69, 9.17) is 9.26 Å². The van der Waals surface area contributed by atoms with Crippen molar-refractivity contribution in [3.8, 4) is 0 Å². The van der Waals surface area contributed by atoms with E-state index in [2.05, 4.69) is 41.6 Å². The molecule has 0 aliphatic carbocycles. The highest BCUT2D eigenvalue weighted by Gasteiger charge is 2.18. The quantitative estimate of drug-likeness (QED) is 0.795. The second-order valence-electron chi connectivity index (χ2n) is 7.32. The van der Waals surface area contributed by atoms with Crippen molar-refractivity contribution in [3.63, 3.8) is 0 Å². The van der Waals surface area contributed by atoms with Gasteiger partial charge in [-0.1, -0.05) is 11.2 Å². The Hall–Kier alpha value is -1.43. The van der Waals surface area contributed by atoms with E-state index in [0.29, 0.717) is 6.61 Å². The fourth-order valence-corrected chi connectivity index (χ4v) is 3.68. The predicted octanol–water partition coefficient (Wildman–Crippen LogP) is 3.36. The molecule has 1 aliphatic rings. The summed E-state index contributed by atoms with van der Waals surface area (Å²) in [5.41, 5.74) is 4.45. The lowest BCUT2D eigenvalue weighted by Gasteiger charge is -2.21. The van der Waals surface area contributed by atoms with Crippen LogP contribution in [0.3, 0.4) is 0 Å². The van der Waals surface area contributed by atoms with E-state index in [0.717, 1.165) is 49.9 Å². The Balaban J connectivity index is 1.81. The fraction of sp³-hybridized carbons (Fsp3) is 0.650. The minimum Gasteiger partial charge on any atom is -0.377 e. The summed E-state index contributed by atoms with van der Waals surface area (Å²) in [7, 11) is 4.16. The number of ether oxygens (including phenoxy) is 1. The fourth-order valence-electron chi connectivity index (χ4n) is 3.68. The van der Waals surface area contributed by atoms with E-state index < -0.39 is 0 Å². The van der Waals surface area contributed by atoms with Gasteiger partial charge in [-0.2, -0.15) is 0 Å². The van der Waals surface area contributed by atoms with Gasteiger partial charge in [0, 0.05) is 24.1 Å². The third-order valence-electron chi connectivity index (χ3n) is 5.10. The molecule has 3 rings (SSSR count). The molecule has 2 heterocycles. The van der Waals surface area contributed by atoms with E-state index in [1.165, 1.54) is 35.8 Å². The first-order chi connectivity index (χ1) is 12.2. The third kappa shape index (κ3) is 4.60. The van der Waals surface area contributed by atoms with Crippen LogP contribution in [0.5, 0.6) is 0 Å². The molecule has 0 spiro atoms. The zero-order valence-corrected chi connectivity index (χ0v) is 15.8. The van der Waals surface area contributed by atoms with Crippen molar-refractivity contribution >= 4 is 11.0 Å². The van der Waals surface area contributed by atoms with Crippen LogP contribution < -0.4 is 5.32 Å². The van der Waals surface area contributed by atoms with E-state index in [1.807, 2.05) is 6.92 Å². The molecule has 0 atom stereocenters. The van der Waals surface area contributed by atoms with Gasteiger partial charge in [0.15, 0.2) is 5.58 Å². The lowest BCUT2D eigenvalue weighted by atomic mass is 9.92. The molecule has 0 unspecified atom stereocenters. The van der Waals surface area contributed by atoms with Crippen molar-refractivity contribution in [2.45, 2.75) is 45.8 Å². The maximum Gasteiger partial charge on any atom is 0.171 e. The molecule has 138 valence electrons. The van der Waals surface area contributed by atoms with Gasteiger partial charge in [0.25, 0.3) is 0 Å². The van der Waals surface area contributed by atoms with Gasteiger partial charge in [-0.15, -0.1) is 0 Å². The van der Waals surface area contributed by atoms with Crippen LogP contribution in [0, 0.1) is 5.92 Å². The summed E-state index contributed by atoms with van der Waals surface area (Å²) in [5.74, 6) is 0.812. The summed E-state index contributed by atoms with van der Waals surface area (Å²) in [6, 6.07) is 4.35. The Bertz CT molecular complexity index is 675. The summed E-state index contributed by atoms with van der Waals surface area (Å²) in [6.45, 7) is 6.51. The van der Waals surface area contributed by atoms with E-state index in [1.54, 1.807) is 0 Å². The lowest BCUT2D eigenvalue weighted by molar-refractivity contribution is 0.133. The lowest BCUT2D eigenvalue weighted by Crippen LogP contribution is -2.27. The minimum absolute atomic E-state index is 0.626. The van der Waals surface area contributed by atoms with Crippen LogP contribution in [0.25, 0.3) is 11.0 Å². The number of aromatic nitrogens is 1. The summed E-state index contributed by atoms with van der Waals surface area (Å²) in [5, 5.41) is 9.03. The largest absolute Gasteiger partial charge is 0.377 e. The smallest absolute Gasteiger partial charge is 0.171 e. The van der Waals surface area contributed by atoms with Gasteiger partial charge < -0.3 is 19.5 Å². The second-order valence-corrected chi connectivity index (χ2v) is 7.32. The predicted molar refractivity (Wildman–Crippen MR) is 101 cm³/mol. The van der Waals surface area contributed by atoms with Gasteiger partial charge >= 0.3 is 0 Å². The number of benzene rings is 1. The Morgan fingerprint density at radius 3 is 2.80 bits per heavy atom. The van der Waals surface area contributed by atoms with Crippen LogP contribution in [0.1, 0.15) is 43.0 Å². The van der Waals surface area contributed by atoms with Gasteiger partial charge in [-0.25, -0.2) is 0 Å². The van der Waals surface area contributed by atoms with Crippen molar-refractivity contribution in [2.24, 2.45) is 5.92 Å². The SMILES string of the molecule is CCOCc1ccc2c(CCC3CCNCC3)noc2c1CN(C)C. The highest BCUT2D eigenvalue weighted by molar-refractivity contribution is 5.83. The Morgan fingerprint density at radius 1 is 1.28 bits per heavy atom. The highest BCUT2D eigenvalue weighted by Crippen LogP contribution is 2.29. The van der Waals surface area contributed by atoms with Gasteiger partial charge in [0.2, 0.25) is 0 Å². The van der Waals surface area contributed by atoms with E-state index in [9.17, 15) is 0 Å². The van der Waals surface area contributed by atoms with Crippen LogP contribution in [0.15, 0.2) is 16.7 Å². The summed E-state index contributed by atoms with van der Waals surface area (Å²) >= 11 is 0. The standard InChI is InChI=1S/C20H31N3O2/c1-4-24-14-16-6-7-17-19(8-5-15-9-11-21-12-10-15)22-25-20(17)18(16)13-23(2)3/h6-7,15,21H,4-5,8-14H2,1-3H3. The first kappa shape index (κ1) is 18.4. The second kappa shape index (κ2) is 8.79. The summed E-state index contributed by atoms with van der Waals surface area (Å²) < 4.78 is 11.4. The monoisotopic (exact) mass is 345 g/mol. The van der Waals surface area contributed by atoms with Crippen LogP contribution in [0.4, 0.5) is 0 Å². The molecule has 5 nitrogen and oxygen atoms in total. The molecule has 0 bridgehead atoms. The maximum absolute atomic E-state index is 5.80. The van der Waals surface area contributed by atoms with Crippen molar-refractivity contribution in [1.82, 2.24) is 15.4 Å². The number of aryl methyl sites for hydroxylation is 1. The maximum atomic E-state index is 5.80. The molecule has 1 aromatic carbocycles. The molecule has 1 aliphatic heterocycles. The van der Waals surface area contributed by atoms with Crippen molar-refractivity contribution in [1.29, 1.82) is 0 Å². The number of nitrogens with zero attached hydrogens (tertiary/aromatic N) is 2. The molecule has 25 heavy (non-hydrogen) atoms. The molecule has 2 aromatic rings. The van der Waals surface area contributed by atoms with Crippen molar-refractivity contribution in [3.05, 3.63) is 29.0 Å². The van der Waals surface area contributed by atoms with Gasteiger partial charge in [-0.3, -0.25) is 0 Å². The number of piperidine rings is 1. The summed E-state index contributed by atoms with van der Waals surface area (Å²) in [6.07, 6.45) is 4.76. The van der Waals surface area contributed by atoms with Gasteiger partial charge in [0.05, 0.1) is 12.3 Å². The van der Waals surface area contributed by atoms with Crippen LogP contribution in [0.2, 0.25) is 0 Å². The molecule has 5 heteroatoms. The number of hydrogen-bond acceptors (Lipinski definition) is 5. The number of nitrogens with one attached hydrogen (secondary N) is 1. The molecular formula is C20H31N3O2. The zero-order chi connectivity index (χ0) is 17.6. The molecule has 0 radical (unpaired) electrons. The van der Waals surface area contributed by atoms with Gasteiger partial charge in [-0.05, 0) is 77.3 Å². The molecule has 1 aromatic heterocycles. The van der Waals surface area contributed by atoms with Crippen molar-refractivity contribution in [2.75, 3.05) is 33.8 Å².